The van der Waals surface area contributed by atoms with Gasteiger partial charge in [0.2, 0.25) is 11.8 Å². The second kappa shape index (κ2) is 9.52. The van der Waals surface area contributed by atoms with E-state index in [2.05, 4.69) is 10.0 Å². The Labute approximate surface area is 196 Å². The van der Waals surface area contributed by atoms with E-state index in [0.717, 1.165) is 6.07 Å². The fourth-order valence-electron chi connectivity index (χ4n) is 3.55. The van der Waals surface area contributed by atoms with E-state index in [4.69, 9.17) is 4.74 Å². The van der Waals surface area contributed by atoms with E-state index in [-0.39, 0.29) is 41.7 Å². The maximum absolute atomic E-state index is 14.0. The van der Waals surface area contributed by atoms with Crippen molar-refractivity contribution in [3.8, 4) is 5.75 Å². The molecule has 2 amide bonds. The highest BCUT2D eigenvalue weighted by Crippen LogP contribution is 2.31. The van der Waals surface area contributed by atoms with Gasteiger partial charge in [0.15, 0.2) is 0 Å². The van der Waals surface area contributed by atoms with Gasteiger partial charge in [0, 0.05) is 5.69 Å². The number of rotatable bonds is 6. The molecular weight excluding hydrogens is 461 g/mol. The first-order chi connectivity index (χ1) is 16.2. The van der Waals surface area contributed by atoms with E-state index >= 15 is 0 Å². The number of sulfonamides is 1. The summed E-state index contributed by atoms with van der Waals surface area (Å²) < 4.78 is 47.5. The Balaban J connectivity index is 1.54. The Morgan fingerprint density at radius 3 is 2.62 bits per heavy atom. The van der Waals surface area contributed by atoms with Crippen LogP contribution in [0.2, 0.25) is 0 Å². The maximum Gasteiger partial charge on any atom is 0.262 e. The average molecular weight is 484 g/mol. The quantitative estimate of drug-likeness (QED) is 0.557. The number of carbonyl (C=O) groups is 2. The molecule has 0 saturated heterocycles. The predicted molar refractivity (Wildman–Crippen MR) is 126 cm³/mol. The molecule has 0 atom stereocenters. The van der Waals surface area contributed by atoms with E-state index in [1.165, 1.54) is 35.2 Å². The summed E-state index contributed by atoms with van der Waals surface area (Å²) in [5.74, 6) is -0.982. The average Bonchev–Trinajstić information content (AvgIpc) is 2.95. The van der Waals surface area contributed by atoms with Crippen molar-refractivity contribution in [1.82, 2.24) is 0 Å². The summed E-state index contributed by atoms with van der Waals surface area (Å²) in [5, 5.41) is 2.64. The van der Waals surface area contributed by atoms with Gasteiger partial charge in [-0.05, 0) is 48.9 Å². The highest BCUT2D eigenvalue weighted by atomic mass is 32.2. The first-order valence-corrected chi connectivity index (χ1v) is 11.9. The number of fused-ring (bicyclic) bond motifs is 1. The smallest absolute Gasteiger partial charge is 0.262 e. The van der Waals surface area contributed by atoms with Gasteiger partial charge in [0.25, 0.3) is 10.0 Å². The minimum absolute atomic E-state index is 0.113. The molecule has 0 unspecified atom stereocenters. The molecule has 4 rings (SSSR count). The van der Waals surface area contributed by atoms with E-state index in [1.54, 1.807) is 37.3 Å². The van der Waals surface area contributed by atoms with E-state index < -0.39 is 21.7 Å². The highest BCUT2D eigenvalue weighted by molar-refractivity contribution is 7.92. The summed E-state index contributed by atoms with van der Waals surface area (Å²) in [6.45, 7) is 1.53. The Kier molecular flexibility index (Phi) is 6.51. The Bertz CT molecular complexity index is 1360. The number of ether oxygens (including phenoxy) is 1. The summed E-state index contributed by atoms with van der Waals surface area (Å²) in [5.41, 5.74) is 0.935. The Morgan fingerprint density at radius 1 is 1.09 bits per heavy atom. The van der Waals surface area contributed by atoms with Crippen molar-refractivity contribution in [3.05, 3.63) is 78.1 Å². The van der Waals surface area contributed by atoms with E-state index in [9.17, 15) is 22.4 Å². The van der Waals surface area contributed by atoms with Crippen molar-refractivity contribution in [2.75, 3.05) is 28.1 Å². The predicted octanol–water partition coefficient (Wildman–Crippen LogP) is 3.69. The number of nitrogens with one attached hydrogen (secondary N) is 2. The third-order valence-corrected chi connectivity index (χ3v) is 6.72. The van der Waals surface area contributed by atoms with Crippen LogP contribution >= 0.6 is 0 Å². The van der Waals surface area contributed by atoms with Crippen LogP contribution in [0.5, 0.6) is 5.75 Å². The molecule has 1 aliphatic heterocycles. The Hall–Kier alpha value is -3.92. The molecule has 3 aromatic rings. The third-order valence-electron chi connectivity index (χ3n) is 5.21. The summed E-state index contributed by atoms with van der Waals surface area (Å²) >= 11 is 0. The van der Waals surface area contributed by atoms with Crippen LogP contribution in [0.25, 0.3) is 0 Å². The number of aryl methyl sites for hydroxylation is 1. The number of nitrogens with zero attached hydrogens (tertiary/aromatic N) is 1. The first kappa shape index (κ1) is 23.2. The monoisotopic (exact) mass is 483 g/mol. The zero-order valence-electron chi connectivity index (χ0n) is 18.2. The number of carbonyl (C=O) groups excluding carboxylic acids is 2. The van der Waals surface area contributed by atoms with Crippen LogP contribution in [0.15, 0.2) is 71.6 Å². The maximum atomic E-state index is 14.0. The molecule has 0 saturated carbocycles. The summed E-state index contributed by atoms with van der Waals surface area (Å²) in [7, 11) is -4.13. The van der Waals surface area contributed by atoms with Gasteiger partial charge in [-0.25, -0.2) is 12.8 Å². The fourth-order valence-corrected chi connectivity index (χ4v) is 4.89. The second-order valence-corrected chi connectivity index (χ2v) is 9.31. The molecule has 176 valence electrons. The molecule has 0 fully saturated rings. The van der Waals surface area contributed by atoms with Crippen molar-refractivity contribution < 1.29 is 27.1 Å². The molecule has 3 aromatic carbocycles. The van der Waals surface area contributed by atoms with Crippen LogP contribution in [-0.4, -0.2) is 33.4 Å². The number of anilines is 3. The van der Waals surface area contributed by atoms with Crippen molar-refractivity contribution in [3.63, 3.8) is 0 Å². The molecule has 0 spiro atoms. The number of hydrogen-bond acceptors (Lipinski definition) is 5. The van der Waals surface area contributed by atoms with Gasteiger partial charge >= 0.3 is 0 Å². The standard InChI is InChI=1S/C24H22FN3O5S/c1-16-10-11-17(14-22(16)34(31,32)27-19-7-3-2-6-18(19)25)26-23(29)15-28-20-8-4-5-9-21(20)33-13-12-24(28)30/h2-11,14,27H,12-13,15H2,1H3,(H,26,29). The lowest BCUT2D eigenvalue weighted by atomic mass is 10.2. The minimum atomic E-state index is -4.13. The number of benzene rings is 3. The summed E-state index contributed by atoms with van der Waals surface area (Å²) in [6, 6.07) is 16.7. The van der Waals surface area contributed by atoms with Crippen LogP contribution < -0.4 is 19.7 Å². The van der Waals surface area contributed by atoms with Gasteiger partial charge < -0.3 is 10.1 Å². The molecular formula is C24H22FN3O5S. The molecule has 1 aliphatic rings. The van der Waals surface area contributed by atoms with Crippen molar-refractivity contribution in [2.24, 2.45) is 0 Å². The molecule has 2 N–H and O–H groups in total. The van der Waals surface area contributed by atoms with Crippen LogP contribution in [0.1, 0.15) is 12.0 Å². The first-order valence-electron chi connectivity index (χ1n) is 10.4. The summed E-state index contributed by atoms with van der Waals surface area (Å²) in [6.07, 6.45) is 0.122. The molecule has 0 aromatic heterocycles. The lowest BCUT2D eigenvalue weighted by molar-refractivity contribution is -0.121. The van der Waals surface area contributed by atoms with Gasteiger partial charge in [-0.2, -0.15) is 0 Å². The Morgan fingerprint density at radius 2 is 1.82 bits per heavy atom. The van der Waals surface area contributed by atoms with E-state index in [1.807, 2.05) is 0 Å². The zero-order valence-corrected chi connectivity index (χ0v) is 19.1. The topological polar surface area (TPSA) is 105 Å². The van der Waals surface area contributed by atoms with Gasteiger partial charge in [0.05, 0.1) is 29.3 Å². The molecule has 0 aliphatic carbocycles. The number of halogens is 1. The van der Waals surface area contributed by atoms with E-state index in [0.29, 0.717) is 17.0 Å². The number of amides is 2. The minimum Gasteiger partial charge on any atom is -0.491 e. The van der Waals surface area contributed by atoms with Crippen LogP contribution in [0.4, 0.5) is 21.5 Å². The van der Waals surface area contributed by atoms with Crippen molar-refractivity contribution >= 4 is 38.9 Å². The largest absolute Gasteiger partial charge is 0.491 e. The molecule has 0 bridgehead atoms. The third kappa shape index (κ3) is 5.01. The lowest BCUT2D eigenvalue weighted by Crippen LogP contribution is -2.37. The van der Waals surface area contributed by atoms with Crippen molar-refractivity contribution in [1.29, 1.82) is 0 Å². The van der Waals surface area contributed by atoms with Gasteiger partial charge in [-0.3, -0.25) is 19.2 Å². The molecule has 10 heteroatoms. The molecule has 8 nitrogen and oxygen atoms in total. The molecule has 1 heterocycles. The normalized spacial score (nSPS) is 13.5. The van der Waals surface area contributed by atoms with Crippen LogP contribution in [0.3, 0.4) is 0 Å². The second-order valence-electron chi connectivity index (χ2n) is 7.66. The highest BCUT2D eigenvalue weighted by Gasteiger charge is 2.25. The SMILES string of the molecule is Cc1ccc(NC(=O)CN2C(=O)CCOc3ccccc32)cc1S(=O)(=O)Nc1ccccc1F. The van der Waals surface area contributed by atoms with Gasteiger partial charge in [-0.1, -0.05) is 30.3 Å². The van der Waals surface area contributed by atoms with Gasteiger partial charge in [0.1, 0.15) is 18.1 Å². The lowest BCUT2D eigenvalue weighted by Gasteiger charge is -2.21. The van der Waals surface area contributed by atoms with Crippen molar-refractivity contribution in [2.45, 2.75) is 18.2 Å². The van der Waals surface area contributed by atoms with Gasteiger partial charge in [-0.15, -0.1) is 0 Å². The zero-order chi connectivity index (χ0) is 24.3. The summed E-state index contributed by atoms with van der Waals surface area (Å²) in [4.78, 5) is 26.5. The number of para-hydroxylation sites is 3. The molecule has 34 heavy (non-hydrogen) atoms. The number of hydrogen-bond donors (Lipinski definition) is 2. The fraction of sp³-hybridized carbons (Fsp3) is 0.167. The van der Waals surface area contributed by atoms with Crippen LogP contribution in [0, 0.1) is 12.7 Å². The van der Waals surface area contributed by atoms with Crippen LogP contribution in [-0.2, 0) is 19.6 Å². The molecule has 0 radical (unpaired) electrons.